The molecule has 1 amide bonds. The molecule has 1 saturated heterocycles. The van der Waals surface area contributed by atoms with E-state index in [0.29, 0.717) is 41.2 Å². The van der Waals surface area contributed by atoms with Gasteiger partial charge >= 0.3 is 0 Å². The van der Waals surface area contributed by atoms with Crippen molar-refractivity contribution in [1.82, 2.24) is 15.1 Å². The minimum Gasteiger partial charge on any atom is -0.497 e. The number of nitrogens with zero attached hydrogens (tertiary/aromatic N) is 2. The summed E-state index contributed by atoms with van der Waals surface area (Å²) in [5.41, 5.74) is 3.06. The molecule has 1 atom stereocenters. The fourth-order valence-corrected chi connectivity index (χ4v) is 5.33. The van der Waals surface area contributed by atoms with E-state index in [0.717, 1.165) is 29.2 Å². The number of carbonyl (C=O) groups is 1. The van der Waals surface area contributed by atoms with Crippen molar-refractivity contribution in [3.05, 3.63) is 53.7 Å². The topological polar surface area (TPSA) is 85.9 Å². The first kappa shape index (κ1) is 21.5. The normalized spacial score (nSPS) is 17.5. The van der Waals surface area contributed by atoms with Gasteiger partial charge in [-0.1, -0.05) is 6.07 Å². The second kappa shape index (κ2) is 9.27. The Kier molecular flexibility index (Phi) is 6.04. The van der Waals surface area contributed by atoms with Crippen LogP contribution < -0.4 is 18.9 Å². The highest BCUT2D eigenvalue weighted by atomic mass is 32.2. The predicted octanol–water partition coefficient (Wildman–Crippen LogP) is 4.14. The van der Waals surface area contributed by atoms with E-state index in [1.807, 2.05) is 40.9 Å². The Morgan fingerprint density at radius 1 is 1.09 bits per heavy atom. The van der Waals surface area contributed by atoms with Crippen LogP contribution in [0.5, 0.6) is 23.0 Å². The first-order valence-corrected chi connectivity index (χ1v) is 11.8. The van der Waals surface area contributed by atoms with Crippen LogP contribution in [-0.4, -0.2) is 60.9 Å². The van der Waals surface area contributed by atoms with E-state index in [2.05, 4.69) is 22.3 Å². The molecule has 0 radical (unpaired) electrons. The SMILES string of the molecule is COc1ccc(OC)c(-c2cc(C(=O)N3CCSC(c4ccc5c(c4)OCO5)CC3)[nH]n2)c1. The summed E-state index contributed by atoms with van der Waals surface area (Å²) in [6.45, 7) is 1.62. The van der Waals surface area contributed by atoms with E-state index in [1.165, 1.54) is 5.56 Å². The van der Waals surface area contributed by atoms with Crippen molar-refractivity contribution in [3.63, 3.8) is 0 Å². The van der Waals surface area contributed by atoms with Crippen LogP contribution in [0.2, 0.25) is 0 Å². The first-order chi connectivity index (χ1) is 16.2. The summed E-state index contributed by atoms with van der Waals surface area (Å²) in [4.78, 5) is 15.1. The largest absolute Gasteiger partial charge is 0.497 e. The number of aromatic amines is 1. The number of nitrogens with one attached hydrogen (secondary N) is 1. The van der Waals surface area contributed by atoms with Crippen molar-refractivity contribution in [2.75, 3.05) is 39.9 Å². The molecule has 1 N–H and O–H groups in total. The van der Waals surface area contributed by atoms with Crippen molar-refractivity contribution >= 4 is 17.7 Å². The molecule has 1 unspecified atom stereocenters. The average molecular weight is 468 g/mol. The molecule has 3 aromatic rings. The zero-order valence-electron chi connectivity index (χ0n) is 18.5. The standard InChI is InChI=1S/C24H25N3O5S/c1-29-16-4-6-20(30-2)17(12-16)18-13-19(26-25-18)24(28)27-8-7-23(33-10-9-27)15-3-5-21-22(11-15)32-14-31-21/h3-6,11-13,23H,7-10,14H2,1-2H3,(H,25,26). The van der Waals surface area contributed by atoms with Crippen LogP contribution in [0.25, 0.3) is 11.3 Å². The molecule has 8 nitrogen and oxygen atoms in total. The molecular formula is C24H25N3O5S. The first-order valence-electron chi connectivity index (χ1n) is 10.7. The summed E-state index contributed by atoms with van der Waals surface area (Å²) in [5.74, 6) is 3.75. The second-order valence-corrected chi connectivity index (χ2v) is 9.10. The lowest BCUT2D eigenvalue weighted by atomic mass is 10.1. The number of aromatic nitrogens is 2. The molecule has 2 aromatic carbocycles. The number of hydrogen-bond acceptors (Lipinski definition) is 7. The van der Waals surface area contributed by atoms with Gasteiger partial charge in [0.25, 0.3) is 5.91 Å². The molecule has 0 spiro atoms. The van der Waals surface area contributed by atoms with Crippen molar-refractivity contribution in [3.8, 4) is 34.3 Å². The number of ether oxygens (including phenoxy) is 4. The summed E-state index contributed by atoms with van der Waals surface area (Å²) < 4.78 is 21.7. The van der Waals surface area contributed by atoms with E-state index in [1.54, 1.807) is 20.3 Å². The predicted molar refractivity (Wildman–Crippen MR) is 125 cm³/mol. The van der Waals surface area contributed by atoms with Gasteiger partial charge in [0.2, 0.25) is 6.79 Å². The van der Waals surface area contributed by atoms with Crippen LogP contribution >= 0.6 is 11.8 Å². The number of carbonyl (C=O) groups excluding carboxylic acids is 1. The van der Waals surface area contributed by atoms with Crippen LogP contribution in [0.4, 0.5) is 0 Å². The lowest BCUT2D eigenvalue weighted by Gasteiger charge is -2.19. The smallest absolute Gasteiger partial charge is 0.271 e. The molecule has 33 heavy (non-hydrogen) atoms. The maximum absolute atomic E-state index is 13.2. The summed E-state index contributed by atoms with van der Waals surface area (Å²) in [6.07, 6.45) is 0.862. The van der Waals surface area contributed by atoms with Gasteiger partial charge in [0.1, 0.15) is 17.2 Å². The lowest BCUT2D eigenvalue weighted by molar-refractivity contribution is 0.0760. The lowest BCUT2D eigenvalue weighted by Crippen LogP contribution is -2.33. The van der Waals surface area contributed by atoms with E-state index in [9.17, 15) is 4.79 Å². The van der Waals surface area contributed by atoms with E-state index >= 15 is 0 Å². The van der Waals surface area contributed by atoms with Gasteiger partial charge < -0.3 is 23.8 Å². The molecule has 9 heteroatoms. The van der Waals surface area contributed by atoms with Gasteiger partial charge in [-0.05, 0) is 48.4 Å². The highest BCUT2D eigenvalue weighted by Gasteiger charge is 2.26. The van der Waals surface area contributed by atoms with Crippen LogP contribution in [0, 0.1) is 0 Å². The second-order valence-electron chi connectivity index (χ2n) is 7.79. The third-order valence-electron chi connectivity index (χ3n) is 5.89. The van der Waals surface area contributed by atoms with E-state index in [-0.39, 0.29) is 12.7 Å². The number of H-pyrrole nitrogens is 1. The molecular weight excluding hydrogens is 442 g/mol. The van der Waals surface area contributed by atoms with E-state index < -0.39 is 0 Å². The highest BCUT2D eigenvalue weighted by Crippen LogP contribution is 2.40. The van der Waals surface area contributed by atoms with Gasteiger partial charge in [0.15, 0.2) is 11.5 Å². The van der Waals surface area contributed by atoms with Gasteiger partial charge in [0, 0.05) is 29.7 Å². The summed E-state index contributed by atoms with van der Waals surface area (Å²) in [7, 11) is 3.22. The maximum atomic E-state index is 13.2. The number of fused-ring (bicyclic) bond motifs is 1. The number of benzene rings is 2. The number of hydrogen-bond donors (Lipinski definition) is 1. The van der Waals surface area contributed by atoms with Crippen molar-refractivity contribution in [2.45, 2.75) is 11.7 Å². The molecule has 3 heterocycles. The molecule has 5 rings (SSSR count). The van der Waals surface area contributed by atoms with Gasteiger partial charge in [-0.25, -0.2) is 0 Å². The number of rotatable bonds is 5. The Balaban J connectivity index is 1.29. The maximum Gasteiger partial charge on any atom is 0.271 e. The average Bonchev–Trinajstić information content (AvgIpc) is 3.47. The fourth-order valence-electron chi connectivity index (χ4n) is 4.11. The molecule has 0 aliphatic carbocycles. The monoisotopic (exact) mass is 467 g/mol. The van der Waals surface area contributed by atoms with Gasteiger partial charge in [0.05, 0.1) is 19.9 Å². The zero-order valence-corrected chi connectivity index (χ0v) is 19.3. The Hall–Kier alpha value is -3.33. The van der Waals surface area contributed by atoms with Crippen LogP contribution in [-0.2, 0) is 0 Å². The Labute approximate surface area is 196 Å². The van der Waals surface area contributed by atoms with Gasteiger partial charge in [-0.15, -0.1) is 0 Å². The number of methoxy groups -OCH3 is 2. The molecule has 0 saturated carbocycles. The minimum atomic E-state index is -0.0532. The third-order valence-corrected chi connectivity index (χ3v) is 7.22. The molecule has 0 bridgehead atoms. The van der Waals surface area contributed by atoms with Crippen molar-refractivity contribution in [2.24, 2.45) is 0 Å². The van der Waals surface area contributed by atoms with Crippen LogP contribution in [0.1, 0.15) is 27.7 Å². The summed E-state index contributed by atoms with van der Waals surface area (Å²) in [5, 5.41) is 7.57. The Morgan fingerprint density at radius 2 is 1.97 bits per heavy atom. The molecule has 2 aliphatic heterocycles. The Morgan fingerprint density at radius 3 is 2.82 bits per heavy atom. The number of thioether (sulfide) groups is 1. The van der Waals surface area contributed by atoms with Crippen molar-refractivity contribution < 1.29 is 23.7 Å². The summed E-state index contributed by atoms with van der Waals surface area (Å²) in [6, 6.07) is 13.4. The molecule has 1 aromatic heterocycles. The molecule has 172 valence electrons. The summed E-state index contributed by atoms with van der Waals surface area (Å²) >= 11 is 1.86. The van der Waals surface area contributed by atoms with Crippen molar-refractivity contribution in [1.29, 1.82) is 0 Å². The molecule has 1 fully saturated rings. The van der Waals surface area contributed by atoms with E-state index in [4.69, 9.17) is 18.9 Å². The highest BCUT2D eigenvalue weighted by molar-refractivity contribution is 7.99. The quantitative estimate of drug-likeness (QED) is 0.603. The zero-order chi connectivity index (χ0) is 22.8. The third kappa shape index (κ3) is 4.32. The minimum absolute atomic E-state index is 0.0532. The van der Waals surface area contributed by atoms with Gasteiger partial charge in [-0.3, -0.25) is 9.89 Å². The van der Waals surface area contributed by atoms with Crippen LogP contribution in [0.3, 0.4) is 0 Å². The molecule has 2 aliphatic rings. The van der Waals surface area contributed by atoms with Gasteiger partial charge in [-0.2, -0.15) is 16.9 Å². The Bertz CT molecular complexity index is 1160. The van der Waals surface area contributed by atoms with Crippen LogP contribution in [0.15, 0.2) is 42.5 Å². The fraction of sp³-hybridized carbons (Fsp3) is 0.333. The number of amides is 1.